The second-order valence-electron chi connectivity index (χ2n) is 14.4. The topological polar surface area (TPSA) is 26.0 Å². The summed E-state index contributed by atoms with van der Waals surface area (Å²) in [5.74, 6) is -69.9. The normalized spacial score (nSPS) is 11.5. The Kier molecular flexibility index (Phi) is 13.4. The van der Waals surface area contributed by atoms with Gasteiger partial charge in [-0.1, -0.05) is 60.7 Å². The number of fused-ring (bicyclic) bond motifs is 1. The maximum Gasteiger partial charge on any atom is 0.392 e. The molecule has 0 radical (unpaired) electrons. The lowest BCUT2D eigenvalue weighted by Crippen LogP contribution is -2.81. The second-order valence-corrected chi connectivity index (χ2v) is 14.4. The maximum absolute atomic E-state index is 15.4. The van der Waals surface area contributed by atoms with Crippen LogP contribution in [0, 0.1) is 116 Å². The van der Waals surface area contributed by atoms with Crippen LogP contribution in [-0.2, 0) is 6.54 Å². The number of halogens is 20. The van der Waals surface area contributed by atoms with E-state index >= 15 is 35.1 Å². The molecule has 0 saturated carbocycles. The van der Waals surface area contributed by atoms with Gasteiger partial charge in [0.15, 0.2) is 82.5 Å². The number of aromatic nitrogens is 2. The lowest BCUT2D eigenvalue weighted by atomic mass is 9.12. The highest BCUT2D eigenvalue weighted by atomic mass is 19.2. The van der Waals surface area contributed by atoms with Gasteiger partial charge in [-0.2, -0.15) is 4.57 Å². The number of hydrogen-bond donors (Lipinski definition) is 0. The summed E-state index contributed by atoms with van der Waals surface area (Å²) in [4.78, 5) is 4.20. The van der Waals surface area contributed by atoms with Crippen molar-refractivity contribution in [3.63, 3.8) is 0 Å². The third-order valence-electron chi connectivity index (χ3n) is 10.6. The van der Waals surface area contributed by atoms with Crippen LogP contribution in [0.5, 0.6) is 11.6 Å². The zero-order chi connectivity index (χ0) is 50.5. The summed E-state index contributed by atoms with van der Waals surface area (Å²) >= 11 is 0. The lowest BCUT2D eigenvalue weighted by molar-refractivity contribution is -0.692. The quantitative estimate of drug-likeness (QED) is 0.0499. The molecule has 8 rings (SSSR count). The first-order chi connectivity index (χ1) is 32.6. The van der Waals surface area contributed by atoms with Crippen molar-refractivity contribution in [2.45, 2.75) is 6.54 Å². The molecule has 1 aromatic heterocycles. The standard InChI is InChI=1S/C24BF20.C21H17N2O/c26-5-1(6(27)14(35)21(42)13(5)34)25(2-7(28)15(36)22(43)16(37)8(2)29,3-9(30)17(38)23(44)18(39)10(3)31)4-11(32)19(40)24(45)20(41)12(4)33;1-3-7-17(8-4-1)16-23-12-11-22-15-21(23)24-20-13-18-9-5-2-6-10-19(18)14-20/h;1-15H,16H2/q-1;+1. The van der Waals surface area contributed by atoms with Crippen LogP contribution in [0.2, 0.25) is 0 Å². The van der Waals surface area contributed by atoms with E-state index < -0.39 is 144 Å². The van der Waals surface area contributed by atoms with E-state index in [0.29, 0.717) is 0 Å². The SMILES string of the molecule is Fc1c(F)c(F)c([B-](c2c(F)c(F)c(F)c(F)c2F)(c2c(F)c(F)c(F)c(F)c2F)c2c(F)c(F)c(F)c(F)c2F)c(F)c1F.c1ccc(C[n+]2ccncc2Oc2cc3cccccc-3c2)cc1. The Balaban J connectivity index is 0.000000244. The number of benzene rings is 5. The van der Waals surface area contributed by atoms with Crippen LogP contribution in [0.4, 0.5) is 87.8 Å². The van der Waals surface area contributed by atoms with Crippen LogP contribution in [0.15, 0.2) is 91.4 Å². The van der Waals surface area contributed by atoms with Crippen LogP contribution >= 0.6 is 0 Å². The van der Waals surface area contributed by atoms with Gasteiger partial charge in [-0.05, 0) is 23.3 Å². The largest absolute Gasteiger partial charge is 0.404 e. The van der Waals surface area contributed by atoms with Crippen molar-refractivity contribution in [1.29, 1.82) is 0 Å². The summed E-state index contributed by atoms with van der Waals surface area (Å²) in [6.45, 7) is 0.744. The molecule has 2 aliphatic rings. The molecule has 24 heteroatoms. The molecule has 2 aliphatic carbocycles. The first-order valence-corrected chi connectivity index (χ1v) is 18.9. The first-order valence-electron chi connectivity index (χ1n) is 18.9. The van der Waals surface area contributed by atoms with Crippen molar-refractivity contribution in [1.82, 2.24) is 4.98 Å². The van der Waals surface area contributed by atoms with Crippen molar-refractivity contribution >= 4 is 28.0 Å². The minimum Gasteiger partial charge on any atom is -0.404 e. The van der Waals surface area contributed by atoms with Gasteiger partial charge in [-0.3, -0.25) is 0 Å². The van der Waals surface area contributed by atoms with E-state index in [9.17, 15) is 52.7 Å². The van der Waals surface area contributed by atoms with E-state index in [4.69, 9.17) is 4.74 Å². The van der Waals surface area contributed by atoms with Crippen LogP contribution in [0.25, 0.3) is 11.1 Å². The zero-order valence-electron chi connectivity index (χ0n) is 33.3. The molecule has 1 heterocycles. The molecule has 0 aliphatic heterocycles. The fourth-order valence-corrected chi connectivity index (χ4v) is 7.61. The second kappa shape index (κ2) is 18.8. The van der Waals surface area contributed by atoms with Crippen LogP contribution < -0.4 is 31.2 Å². The molecule has 0 unspecified atom stereocenters. The van der Waals surface area contributed by atoms with Gasteiger partial charge in [0.1, 0.15) is 64.6 Å². The molecular formula is C45H17BF20N2O. The molecule has 0 spiro atoms. The van der Waals surface area contributed by atoms with Gasteiger partial charge < -0.3 is 4.74 Å². The van der Waals surface area contributed by atoms with Gasteiger partial charge in [0.25, 0.3) is 0 Å². The number of rotatable bonds is 8. The predicted molar refractivity (Wildman–Crippen MR) is 202 cm³/mol. The summed E-state index contributed by atoms with van der Waals surface area (Å²) in [6.07, 6.45) is -1.76. The van der Waals surface area contributed by atoms with E-state index in [0.717, 1.165) is 29.3 Å². The van der Waals surface area contributed by atoms with Crippen molar-refractivity contribution in [3.05, 3.63) is 213 Å². The van der Waals surface area contributed by atoms with Gasteiger partial charge >= 0.3 is 5.88 Å². The molecule has 0 N–H and O–H groups in total. The van der Waals surface area contributed by atoms with Crippen LogP contribution in [0.3, 0.4) is 0 Å². The first kappa shape index (κ1) is 49.3. The summed E-state index contributed by atoms with van der Waals surface area (Å²) in [5.41, 5.74) is -10.8. The minimum atomic E-state index is -7.22. The van der Waals surface area contributed by atoms with Gasteiger partial charge in [0.2, 0.25) is 0 Å². The fourth-order valence-electron chi connectivity index (χ4n) is 7.61. The molecule has 356 valence electrons. The van der Waals surface area contributed by atoms with Crippen LogP contribution in [0.1, 0.15) is 5.56 Å². The number of hydrogen-bond acceptors (Lipinski definition) is 2. The van der Waals surface area contributed by atoms with E-state index in [1.54, 1.807) is 12.4 Å². The van der Waals surface area contributed by atoms with E-state index in [-0.39, 0.29) is 0 Å². The Hall–Kier alpha value is -7.66. The number of nitrogens with zero attached hydrogens (tertiary/aromatic N) is 2. The maximum atomic E-state index is 15.4. The Labute approximate surface area is 372 Å². The highest BCUT2D eigenvalue weighted by Crippen LogP contribution is 2.33. The molecule has 5 aromatic carbocycles. The zero-order valence-corrected chi connectivity index (χ0v) is 33.3. The summed E-state index contributed by atoms with van der Waals surface area (Å²) in [6, 6.07) is 24.7. The highest BCUT2D eigenvalue weighted by Gasteiger charge is 2.52. The third-order valence-corrected chi connectivity index (χ3v) is 10.6. The minimum absolute atomic E-state index is 0.723. The summed E-state index contributed by atoms with van der Waals surface area (Å²) in [7, 11) is 0. The Morgan fingerprint density at radius 3 is 0.986 bits per heavy atom. The molecule has 0 fully saturated rings. The third kappa shape index (κ3) is 8.09. The van der Waals surface area contributed by atoms with Crippen molar-refractivity contribution in [3.8, 4) is 22.8 Å². The fraction of sp³-hybridized carbons (Fsp3) is 0.0222. The Bertz CT molecular complexity index is 2890. The molecule has 0 bridgehead atoms. The summed E-state index contributed by atoms with van der Waals surface area (Å²) in [5, 5.41) is 0. The molecule has 0 atom stereocenters. The van der Waals surface area contributed by atoms with E-state index in [1.807, 2.05) is 42.6 Å². The Morgan fingerprint density at radius 1 is 0.377 bits per heavy atom. The van der Waals surface area contributed by atoms with E-state index in [2.05, 4.69) is 45.9 Å². The van der Waals surface area contributed by atoms with Crippen molar-refractivity contribution in [2.24, 2.45) is 0 Å². The molecule has 6 aromatic rings. The molecule has 69 heavy (non-hydrogen) atoms. The van der Waals surface area contributed by atoms with Gasteiger partial charge in [0.05, 0.1) is 6.20 Å². The number of ether oxygens (including phenoxy) is 1. The van der Waals surface area contributed by atoms with Gasteiger partial charge in [-0.25, -0.2) is 92.8 Å². The van der Waals surface area contributed by atoms with E-state index in [1.165, 1.54) is 5.56 Å². The lowest BCUT2D eigenvalue weighted by Gasteiger charge is -2.44. The van der Waals surface area contributed by atoms with Gasteiger partial charge in [-0.15, -0.1) is 21.9 Å². The molecule has 0 amide bonds. The average molecular weight is 992 g/mol. The van der Waals surface area contributed by atoms with Crippen molar-refractivity contribution < 1.29 is 97.1 Å². The molecule has 0 saturated heterocycles. The van der Waals surface area contributed by atoms with Crippen LogP contribution in [-0.4, -0.2) is 11.1 Å². The summed E-state index contributed by atoms with van der Waals surface area (Å²) < 4.78 is 302. The molecule has 3 nitrogen and oxygen atoms in total. The average Bonchev–Trinajstić information content (AvgIpc) is 3.59. The Morgan fingerprint density at radius 2 is 0.667 bits per heavy atom. The molecular weight excluding hydrogens is 975 g/mol. The van der Waals surface area contributed by atoms with Gasteiger partial charge in [0, 0.05) is 5.56 Å². The monoisotopic (exact) mass is 992 g/mol. The predicted octanol–water partition coefficient (Wildman–Crippen LogP) is 10.2. The van der Waals surface area contributed by atoms with Crippen molar-refractivity contribution in [2.75, 3.05) is 0 Å². The smallest absolute Gasteiger partial charge is 0.392 e. The highest BCUT2D eigenvalue weighted by molar-refractivity contribution is 7.20.